The second kappa shape index (κ2) is 8.41. The monoisotopic (exact) mass is 447 g/mol. The van der Waals surface area contributed by atoms with Crippen LogP contribution in [0.2, 0.25) is 0 Å². The van der Waals surface area contributed by atoms with Gasteiger partial charge in [0.1, 0.15) is 5.82 Å². The molecule has 1 heterocycles. The van der Waals surface area contributed by atoms with Crippen molar-refractivity contribution >= 4 is 32.7 Å². The Morgan fingerprint density at radius 1 is 0.897 bits per heavy atom. The first kappa shape index (κ1) is 19.1. The molecular weight excluding hydrogens is 430 g/mol. The van der Waals surface area contributed by atoms with E-state index in [2.05, 4.69) is 25.9 Å². The molecule has 4 aromatic rings. The Labute approximate surface area is 176 Å². The predicted octanol–water partition coefficient (Wildman–Crippen LogP) is 4.53. The number of nitrogens with zero attached hydrogens (tertiary/aromatic N) is 2. The number of halogens is 1. The summed E-state index contributed by atoms with van der Waals surface area (Å²) < 4.78 is 0.907. The summed E-state index contributed by atoms with van der Waals surface area (Å²) in [4.78, 5) is 34.7. The number of fused-ring (bicyclic) bond motifs is 1. The van der Waals surface area contributed by atoms with Gasteiger partial charge in [0.2, 0.25) is 0 Å². The molecule has 1 N–H and O–H groups in total. The number of carbonyl (C=O) groups excluding carboxylic acids is 1. The minimum atomic E-state index is -0.207. The first-order valence-electron chi connectivity index (χ1n) is 9.17. The molecule has 0 spiro atoms. The van der Waals surface area contributed by atoms with Crippen LogP contribution in [-0.4, -0.2) is 20.8 Å². The van der Waals surface area contributed by atoms with E-state index in [4.69, 9.17) is 0 Å². The van der Waals surface area contributed by atoms with Crippen LogP contribution in [0.15, 0.2) is 88.1 Å². The van der Waals surface area contributed by atoms with Crippen molar-refractivity contribution in [3.8, 4) is 0 Å². The lowest BCUT2D eigenvalue weighted by Gasteiger charge is -2.22. The largest absolute Gasteiger partial charge is 0.327 e. The zero-order valence-corrected chi connectivity index (χ0v) is 17.1. The van der Waals surface area contributed by atoms with E-state index in [-0.39, 0.29) is 18.0 Å². The lowest BCUT2D eigenvalue weighted by atomic mass is 10.1. The minimum absolute atomic E-state index is 0.128. The third-order valence-corrected chi connectivity index (χ3v) is 5.13. The maximum absolute atomic E-state index is 13.2. The summed E-state index contributed by atoms with van der Waals surface area (Å²) >= 11 is 3.40. The van der Waals surface area contributed by atoms with Gasteiger partial charge in [-0.2, -0.15) is 0 Å². The number of hydrogen-bond acceptors (Lipinski definition) is 3. The van der Waals surface area contributed by atoms with Crippen molar-refractivity contribution in [2.24, 2.45) is 0 Å². The molecule has 0 saturated carbocycles. The summed E-state index contributed by atoms with van der Waals surface area (Å²) in [5.74, 6) is 0.326. The third-order valence-electron chi connectivity index (χ3n) is 4.60. The van der Waals surface area contributed by atoms with Crippen LogP contribution in [0.25, 0.3) is 10.9 Å². The van der Waals surface area contributed by atoms with Crippen LogP contribution in [0.1, 0.15) is 21.7 Å². The summed E-state index contributed by atoms with van der Waals surface area (Å²) in [6.45, 7) is 0.607. The number of aromatic amines is 1. The molecule has 0 atom stereocenters. The molecule has 1 amide bonds. The fourth-order valence-corrected chi connectivity index (χ4v) is 3.43. The van der Waals surface area contributed by atoms with Gasteiger partial charge in [0, 0.05) is 16.6 Å². The molecule has 144 valence electrons. The molecule has 29 heavy (non-hydrogen) atoms. The van der Waals surface area contributed by atoms with Gasteiger partial charge in [-0.05, 0) is 42.0 Å². The van der Waals surface area contributed by atoms with Gasteiger partial charge in [-0.15, -0.1) is 0 Å². The van der Waals surface area contributed by atoms with Crippen molar-refractivity contribution in [2.75, 3.05) is 0 Å². The van der Waals surface area contributed by atoms with Crippen molar-refractivity contribution in [3.63, 3.8) is 0 Å². The average Bonchev–Trinajstić information content (AvgIpc) is 2.74. The Kier molecular flexibility index (Phi) is 5.53. The van der Waals surface area contributed by atoms with E-state index >= 15 is 0 Å². The Morgan fingerprint density at radius 2 is 1.59 bits per heavy atom. The van der Waals surface area contributed by atoms with Gasteiger partial charge >= 0.3 is 0 Å². The van der Waals surface area contributed by atoms with Crippen molar-refractivity contribution in [1.82, 2.24) is 14.9 Å². The predicted molar refractivity (Wildman–Crippen MR) is 117 cm³/mol. The molecule has 6 heteroatoms. The molecular formula is C23H18BrN3O2. The Bertz CT molecular complexity index is 1200. The van der Waals surface area contributed by atoms with Gasteiger partial charge in [-0.25, -0.2) is 4.98 Å². The summed E-state index contributed by atoms with van der Waals surface area (Å²) in [5, 5.41) is 0.532. The number of para-hydroxylation sites is 1. The van der Waals surface area contributed by atoms with E-state index < -0.39 is 0 Å². The van der Waals surface area contributed by atoms with Crippen LogP contribution in [0.3, 0.4) is 0 Å². The van der Waals surface area contributed by atoms with Crippen LogP contribution in [0.5, 0.6) is 0 Å². The highest BCUT2D eigenvalue weighted by Gasteiger charge is 2.18. The molecule has 0 fully saturated rings. The zero-order valence-electron chi connectivity index (χ0n) is 15.5. The van der Waals surface area contributed by atoms with Crippen LogP contribution in [0, 0.1) is 0 Å². The Hall–Kier alpha value is -3.25. The highest BCUT2D eigenvalue weighted by Crippen LogP contribution is 2.16. The standard InChI is InChI=1S/C23H18BrN3O2/c24-18-12-10-17(11-13-18)23(29)27(14-16-6-2-1-3-7-16)15-21-25-20-9-5-4-8-19(20)22(28)26-21/h1-13H,14-15H2,(H,25,26,28). The van der Waals surface area contributed by atoms with Gasteiger partial charge < -0.3 is 9.88 Å². The summed E-state index contributed by atoms with van der Waals surface area (Å²) in [6, 6.07) is 24.2. The molecule has 0 aliphatic rings. The second-order valence-corrected chi connectivity index (χ2v) is 7.60. The summed E-state index contributed by atoms with van der Waals surface area (Å²) in [6.07, 6.45) is 0. The first-order chi connectivity index (χ1) is 14.1. The first-order valence-corrected chi connectivity index (χ1v) is 9.96. The Balaban J connectivity index is 1.69. The lowest BCUT2D eigenvalue weighted by Crippen LogP contribution is -2.31. The molecule has 0 aliphatic heterocycles. The Morgan fingerprint density at radius 3 is 2.34 bits per heavy atom. The van der Waals surface area contributed by atoms with E-state index in [0.29, 0.717) is 28.8 Å². The average molecular weight is 448 g/mol. The number of H-pyrrole nitrogens is 1. The smallest absolute Gasteiger partial charge is 0.258 e. The quantitative estimate of drug-likeness (QED) is 0.488. The molecule has 0 saturated heterocycles. The number of aromatic nitrogens is 2. The number of carbonyl (C=O) groups is 1. The van der Waals surface area contributed by atoms with Crippen LogP contribution in [0.4, 0.5) is 0 Å². The molecule has 0 unspecified atom stereocenters. The van der Waals surface area contributed by atoms with E-state index in [9.17, 15) is 9.59 Å². The maximum atomic E-state index is 13.2. The molecule has 1 aromatic heterocycles. The van der Waals surface area contributed by atoms with Crippen LogP contribution >= 0.6 is 15.9 Å². The van der Waals surface area contributed by atoms with E-state index in [1.165, 1.54) is 0 Å². The molecule has 4 rings (SSSR count). The summed E-state index contributed by atoms with van der Waals surface area (Å²) in [7, 11) is 0. The summed E-state index contributed by atoms with van der Waals surface area (Å²) in [5.41, 5.74) is 1.98. The molecule has 3 aromatic carbocycles. The van der Waals surface area contributed by atoms with Gasteiger partial charge in [0.15, 0.2) is 0 Å². The molecule has 0 radical (unpaired) electrons. The van der Waals surface area contributed by atoms with Gasteiger partial charge in [0.25, 0.3) is 11.5 Å². The van der Waals surface area contributed by atoms with Gasteiger partial charge in [-0.3, -0.25) is 9.59 Å². The van der Waals surface area contributed by atoms with Crippen molar-refractivity contribution in [3.05, 3.63) is 111 Å². The topological polar surface area (TPSA) is 66.1 Å². The number of rotatable bonds is 5. The van der Waals surface area contributed by atoms with E-state index in [1.54, 1.807) is 35.2 Å². The number of nitrogens with one attached hydrogen (secondary N) is 1. The molecule has 0 bridgehead atoms. The van der Waals surface area contributed by atoms with Gasteiger partial charge in [0.05, 0.1) is 17.4 Å². The number of benzene rings is 3. The molecule has 0 aliphatic carbocycles. The third kappa shape index (κ3) is 4.43. The van der Waals surface area contributed by atoms with Crippen LogP contribution in [-0.2, 0) is 13.1 Å². The normalized spacial score (nSPS) is 10.8. The fraction of sp³-hybridized carbons (Fsp3) is 0.0870. The zero-order chi connectivity index (χ0) is 20.2. The lowest BCUT2D eigenvalue weighted by molar-refractivity contribution is 0.0725. The molecule has 5 nitrogen and oxygen atoms in total. The highest BCUT2D eigenvalue weighted by atomic mass is 79.9. The SMILES string of the molecule is O=C(c1ccc(Br)cc1)N(Cc1ccccc1)Cc1nc2ccccc2c(=O)[nH]1. The van der Waals surface area contributed by atoms with Gasteiger partial charge in [-0.1, -0.05) is 58.4 Å². The van der Waals surface area contributed by atoms with Crippen molar-refractivity contribution in [1.29, 1.82) is 0 Å². The van der Waals surface area contributed by atoms with Crippen molar-refractivity contribution < 1.29 is 4.79 Å². The highest BCUT2D eigenvalue weighted by molar-refractivity contribution is 9.10. The van der Waals surface area contributed by atoms with Crippen LogP contribution < -0.4 is 5.56 Å². The number of hydrogen-bond donors (Lipinski definition) is 1. The minimum Gasteiger partial charge on any atom is -0.327 e. The maximum Gasteiger partial charge on any atom is 0.258 e. The second-order valence-electron chi connectivity index (χ2n) is 6.68. The fourth-order valence-electron chi connectivity index (χ4n) is 3.17. The van der Waals surface area contributed by atoms with E-state index in [0.717, 1.165) is 10.0 Å². The number of amides is 1. The van der Waals surface area contributed by atoms with Crippen molar-refractivity contribution in [2.45, 2.75) is 13.1 Å². The van der Waals surface area contributed by atoms with E-state index in [1.807, 2.05) is 48.5 Å².